The van der Waals surface area contributed by atoms with E-state index in [1.807, 2.05) is 29.2 Å². The van der Waals surface area contributed by atoms with E-state index in [2.05, 4.69) is 0 Å². The van der Waals surface area contributed by atoms with Crippen molar-refractivity contribution < 1.29 is 19.1 Å². The predicted octanol–water partition coefficient (Wildman–Crippen LogP) is 1.43. The highest BCUT2D eigenvalue weighted by atomic mass is 16.5. The Balaban J connectivity index is 1.82. The number of hydrogen-bond acceptors (Lipinski definition) is 4. The fourth-order valence-corrected chi connectivity index (χ4v) is 3.78. The summed E-state index contributed by atoms with van der Waals surface area (Å²) in [5.41, 5.74) is 0.485. The Morgan fingerprint density at radius 3 is 2.08 bits per heavy atom. The Morgan fingerprint density at radius 2 is 1.56 bits per heavy atom. The van der Waals surface area contributed by atoms with Crippen molar-refractivity contribution in [1.82, 2.24) is 9.80 Å². The summed E-state index contributed by atoms with van der Waals surface area (Å²) in [6.45, 7) is 5.16. The van der Waals surface area contributed by atoms with Crippen LogP contribution in [0.4, 0.5) is 0 Å². The molecule has 0 unspecified atom stereocenters. The van der Waals surface area contributed by atoms with Gasteiger partial charge >= 0.3 is 0 Å². The summed E-state index contributed by atoms with van der Waals surface area (Å²) in [5, 5.41) is 0. The number of hydrogen-bond donors (Lipinski definition) is 0. The lowest BCUT2D eigenvalue weighted by Crippen LogP contribution is -2.56. The number of carbonyl (C=O) groups excluding carboxylic acids is 2. The van der Waals surface area contributed by atoms with Crippen LogP contribution in [0.1, 0.15) is 25.3 Å². The molecule has 0 N–H and O–H groups in total. The molecule has 136 valence electrons. The molecule has 2 fully saturated rings. The maximum absolute atomic E-state index is 13.4. The Morgan fingerprint density at radius 1 is 1.00 bits per heavy atom. The molecular formula is C19H26N2O4. The number of methoxy groups -OCH3 is 1. The van der Waals surface area contributed by atoms with Crippen molar-refractivity contribution in [3.05, 3.63) is 29.8 Å². The largest absolute Gasteiger partial charge is 0.497 e. The molecule has 0 radical (unpaired) electrons. The van der Waals surface area contributed by atoms with E-state index in [-0.39, 0.29) is 11.8 Å². The molecule has 0 spiro atoms. The number of amides is 2. The SMILES string of the molecule is COc1ccc(C2(C(=O)N3CCN(C(C)=O)CC3)CCOCC2)cc1. The minimum absolute atomic E-state index is 0.0723. The lowest BCUT2D eigenvalue weighted by Gasteiger charge is -2.43. The van der Waals surface area contributed by atoms with E-state index in [4.69, 9.17) is 9.47 Å². The van der Waals surface area contributed by atoms with Crippen LogP contribution in [0, 0.1) is 0 Å². The summed E-state index contributed by atoms with van der Waals surface area (Å²) >= 11 is 0. The molecule has 6 heteroatoms. The second-order valence-corrected chi connectivity index (χ2v) is 6.72. The number of carbonyl (C=O) groups is 2. The molecule has 0 bridgehead atoms. The van der Waals surface area contributed by atoms with Crippen LogP contribution in [-0.4, -0.2) is 68.1 Å². The van der Waals surface area contributed by atoms with Crippen molar-refractivity contribution in [2.75, 3.05) is 46.5 Å². The zero-order valence-electron chi connectivity index (χ0n) is 15.0. The van der Waals surface area contributed by atoms with Crippen molar-refractivity contribution in [3.8, 4) is 5.75 Å². The van der Waals surface area contributed by atoms with E-state index >= 15 is 0 Å². The average Bonchev–Trinajstić information content (AvgIpc) is 2.68. The highest BCUT2D eigenvalue weighted by molar-refractivity contribution is 5.89. The van der Waals surface area contributed by atoms with Crippen molar-refractivity contribution in [2.24, 2.45) is 0 Å². The molecule has 0 atom stereocenters. The van der Waals surface area contributed by atoms with E-state index in [9.17, 15) is 9.59 Å². The van der Waals surface area contributed by atoms with Crippen molar-refractivity contribution in [2.45, 2.75) is 25.2 Å². The van der Waals surface area contributed by atoms with Gasteiger partial charge in [-0.15, -0.1) is 0 Å². The van der Waals surface area contributed by atoms with Gasteiger partial charge in [-0.2, -0.15) is 0 Å². The summed E-state index contributed by atoms with van der Waals surface area (Å²) in [4.78, 5) is 28.7. The monoisotopic (exact) mass is 346 g/mol. The molecule has 1 aromatic rings. The third-order valence-electron chi connectivity index (χ3n) is 5.41. The molecule has 2 saturated heterocycles. The number of benzene rings is 1. The molecule has 0 aromatic heterocycles. The minimum atomic E-state index is -0.539. The van der Waals surface area contributed by atoms with Gasteiger partial charge < -0.3 is 19.3 Å². The van der Waals surface area contributed by atoms with Crippen LogP contribution in [0.15, 0.2) is 24.3 Å². The normalized spacial score (nSPS) is 20.2. The molecule has 2 aliphatic rings. The summed E-state index contributed by atoms with van der Waals surface area (Å²) < 4.78 is 10.8. The highest BCUT2D eigenvalue weighted by Crippen LogP contribution is 2.37. The molecule has 2 heterocycles. The van der Waals surface area contributed by atoms with Crippen LogP contribution >= 0.6 is 0 Å². The van der Waals surface area contributed by atoms with Crippen LogP contribution in [0.25, 0.3) is 0 Å². The summed E-state index contributed by atoms with van der Waals surface area (Å²) in [6.07, 6.45) is 1.37. The third kappa shape index (κ3) is 3.49. The standard InChI is InChI=1S/C19H26N2O4/c1-15(22)20-9-11-21(12-10-20)18(23)19(7-13-25-14-8-19)16-3-5-17(24-2)6-4-16/h3-6H,7-14H2,1-2H3. The predicted molar refractivity (Wildman–Crippen MR) is 93.6 cm³/mol. The Hall–Kier alpha value is -2.08. The van der Waals surface area contributed by atoms with Crippen LogP contribution in [0.3, 0.4) is 0 Å². The van der Waals surface area contributed by atoms with Crippen molar-refractivity contribution in [3.63, 3.8) is 0 Å². The topological polar surface area (TPSA) is 59.1 Å². The molecule has 0 saturated carbocycles. The fourth-order valence-electron chi connectivity index (χ4n) is 3.78. The number of piperazine rings is 1. The van der Waals surface area contributed by atoms with Gasteiger partial charge in [0.25, 0.3) is 0 Å². The highest BCUT2D eigenvalue weighted by Gasteiger charge is 2.44. The summed E-state index contributed by atoms with van der Waals surface area (Å²) in [7, 11) is 1.64. The van der Waals surface area contributed by atoms with E-state index in [1.165, 1.54) is 0 Å². The van der Waals surface area contributed by atoms with Crippen LogP contribution in [0.2, 0.25) is 0 Å². The Kier molecular flexibility index (Phi) is 5.27. The minimum Gasteiger partial charge on any atom is -0.497 e. The summed E-state index contributed by atoms with van der Waals surface area (Å²) in [5.74, 6) is 1.01. The van der Waals surface area contributed by atoms with Crippen LogP contribution in [-0.2, 0) is 19.7 Å². The number of rotatable bonds is 3. The zero-order valence-corrected chi connectivity index (χ0v) is 15.0. The first-order valence-electron chi connectivity index (χ1n) is 8.84. The Labute approximate surface area is 148 Å². The van der Waals surface area contributed by atoms with Gasteiger partial charge in [0, 0.05) is 46.3 Å². The second kappa shape index (κ2) is 7.44. The molecule has 2 aliphatic heterocycles. The maximum Gasteiger partial charge on any atom is 0.233 e. The maximum atomic E-state index is 13.4. The van der Waals surface area contributed by atoms with Gasteiger partial charge in [0.2, 0.25) is 11.8 Å². The lowest BCUT2D eigenvalue weighted by atomic mass is 9.73. The van der Waals surface area contributed by atoms with E-state index in [1.54, 1.807) is 18.9 Å². The molecule has 3 rings (SSSR count). The molecule has 25 heavy (non-hydrogen) atoms. The molecule has 0 aliphatic carbocycles. The zero-order chi connectivity index (χ0) is 17.9. The first-order chi connectivity index (χ1) is 12.1. The van der Waals surface area contributed by atoms with Gasteiger partial charge in [-0.1, -0.05) is 12.1 Å². The van der Waals surface area contributed by atoms with E-state index < -0.39 is 5.41 Å². The lowest BCUT2D eigenvalue weighted by molar-refractivity contribution is -0.145. The van der Waals surface area contributed by atoms with Crippen molar-refractivity contribution >= 4 is 11.8 Å². The molecular weight excluding hydrogens is 320 g/mol. The Bertz CT molecular complexity index is 615. The van der Waals surface area contributed by atoms with Gasteiger partial charge in [-0.25, -0.2) is 0 Å². The molecule has 1 aromatic carbocycles. The fraction of sp³-hybridized carbons (Fsp3) is 0.579. The first kappa shape index (κ1) is 17.7. The second-order valence-electron chi connectivity index (χ2n) is 6.72. The summed E-state index contributed by atoms with van der Waals surface area (Å²) in [6, 6.07) is 7.81. The van der Waals surface area contributed by atoms with Gasteiger partial charge in [0.15, 0.2) is 0 Å². The van der Waals surface area contributed by atoms with E-state index in [0.717, 1.165) is 11.3 Å². The quantitative estimate of drug-likeness (QED) is 0.831. The van der Waals surface area contributed by atoms with Gasteiger partial charge in [-0.05, 0) is 30.5 Å². The first-order valence-corrected chi connectivity index (χ1v) is 8.84. The van der Waals surface area contributed by atoms with Crippen LogP contribution < -0.4 is 4.74 Å². The average molecular weight is 346 g/mol. The molecule has 6 nitrogen and oxygen atoms in total. The van der Waals surface area contributed by atoms with E-state index in [0.29, 0.717) is 52.2 Å². The third-order valence-corrected chi connectivity index (χ3v) is 5.41. The van der Waals surface area contributed by atoms with Gasteiger partial charge in [0.1, 0.15) is 5.75 Å². The van der Waals surface area contributed by atoms with Crippen LogP contribution in [0.5, 0.6) is 5.75 Å². The van der Waals surface area contributed by atoms with Gasteiger partial charge in [-0.3, -0.25) is 9.59 Å². The van der Waals surface area contributed by atoms with Crippen molar-refractivity contribution in [1.29, 1.82) is 0 Å². The number of nitrogens with zero attached hydrogens (tertiary/aromatic N) is 2. The smallest absolute Gasteiger partial charge is 0.233 e. The molecule has 2 amide bonds. The number of ether oxygens (including phenoxy) is 2. The van der Waals surface area contributed by atoms with Gasteiger partial charge in [0.05, 0.1) is 12.5 Å².